The maximum Gasteiger partial charge on any atom is 0.0126 e. The van der Waals surface area contributed by atoms with Crippen molar-refractivity contribution in [1.29, 1.82) is 0 Å². The quantitative estimate of drug-likeness (QED) is 0.341. The molecular formula is C36H64N2. The van der Waals surface area contributed by atoms with E-state index in [0.717, 1.165) is 59.8 Å². The van der Waals surface area contributed by atoms with E-state index in [9.17, 15) is 0 Å². The Hall–Kier alpha value is -0.0800. The Bertz CT molecular complexity index is 696. The van der Waals surface area contributed by atoms with Gasteiger partial charge in [-0.25, -0.2) is 0 Å². The summed E-state index contributed by atoms with van der Waals surface area (Å²) in [7, 11) is 2.56. The summed E-state index contributed by atoms with van der Waals surface area (Å²) in [4.78, 5) is 6.22. The molecule has 5 atom stereocenters. The molecule has 6 aliphatic carbocycles. The lowest BCUT2D eigenvalue weighted by molar-refractivity contribution is -0.0206. The zero-order valence-corrected chi connectivity index (χ0v) is 25.6. The van der Waals surface area contributed by atoms with Crippen LogP contribution in [0.25, 0.3) is 0 Å². The first kappa shape index (κ1) is 28.1. The first-order valence-corrected chi connectivity index (χ1v) is 18.2. The summed E-state index contributed by atoms with van der Waals surface area (Å²) < 4.78 is 0. The standard InChI is InChI=1S/C36H64N2/c1-27-18-20-28(21-19-27)30-12-8-15-34(26-30)38(32-13-4-3-5-14-32)33-24-22-31(23-25-33)37(2)36-17-9-11-29-10-6-7-16-35(29)36/h27-36H,3-26H2,1-2H3. The average Bonchev–Trinajstić information content (AvgIpc) is 2.98. The van der Waals surface area contributed by atoms with Crippen LogP contribution in [-0.4, -0.2) is 47.1 Å². The lowest BCUT2D eigenvalue weighted by Crippen LogP contribution is -2.55. The largest absolute Gasteiger partial charge is 0.300 e. The number of nitrogens with zero attached hydrogens (tertiary/aromatic N) is 2. The Labute approximate surface area is 237 Å². The molecule has 38 heavy (non-hydrogen) atoms. The van der Waals surface area contributed by atoms with Gasteiger partial charge in [-0.1, -0.05) is 84.0 Å². The maximum atomic E-state index is 3.25. The molecule has 0 aliphatic heterocycles. The topological polar surface area (TPSA) is 6.48 Å². The third-order valence-electron chi connectivity index (χ3n) is 13.6. The fourth-order valence-electron chi connectivity index (χ4n) is 11.4. The van der Waals surface area contributed by atoms with Crippen LogP contribution in [0.2, 0.25) is 0 Å². The van der Waals surface area contributed by atoms with Gasteiger partial charge in [-0.3, -0.25) is 4.90 Å². The molecule has 6 saturated carbocycles. The van der Waals surface area contributed by atoms with E-state index in [1.165, 1.54) is 116 Å². The van der Waals surface area contributed by atoms with E-state index < -0.39 is 0 Å². The predicted octanol–water partition coefficient (Wildman–Crippen LogP) is 9.61. The van der Waals surface area contributed by atoms with Crippen LogP contribution in [0.15, 0.2) is 0 Å². The first-order valence-electron chi connectivity index (χ1n) is 18.2. The lowest BCUT2D eigenvalue weighted by atomic mass is 9.67. The summed E-state index contributed by atoms with van der Waals surface area (Å²) in [6.45, 7) is 2.50. The van der Waals surface area contributed by atoms with E-state index in [1.807, 2.05) is 0 Å². The number of fused-ring (bicyclic) bond motifs is 1. The molecule has 6 aliphatic rings. The Morgan fingerprint density at radius 2 is 1.00 bits per heavy atom. The van der Waals surface area contributed by atoms with Gasteiger partial charge in [0.2, 0.25) is 0 Å². The molecule has 0 heterocycles. The van der Waals surface area contributed by atoms with Crippen LogP contribution < -0.4 is 0 Å². The van der Waals surface area contributed by atoms with E-state index in [1.54, 1.807) is 38.5 Å². The van der Waals surface area contributed by atoms with Gasteiger partial charge in [0.1, 0.15) is 0 Å². The van der Waals surface area contributed by atoms with Gasteiger partial charge in [-0.05, 0) is 114 Å². The third kappa shape index (κ3) is 6.37. The van der Waals surface area contributed by atoms with Crippen LogP contribution in [-0.2, 0) is 0 Å². The highest BCUT2D eigenvalue weighted by Gasteiger charge is 2.42. The minimum Gasteiger partial charge on any atom is -0.300 e. The van der Waals surface area contributed by atoms with Crippen LogP contribution in [0.1, 0.15) is 161 Å². The summed E-state index contributed by atoms with van der Waals surface area (Å²) in [6.07, 6.45) is 36.4. The fourth-order valence-corrected chi connectivity index (χ4v) is 11.4. The molecule has 6 rings (SSSR count). The summed E-state index contributed by atoms with van der Waals surface area (Å²) in [5, 5.41) is 0. The van der Waals surface area contributed by atoms with E-state index in [4.69, 9.17) is 0 Å². The van der Waals surface area contributed by atoms with Gasteiger partial charge >= 0.3 is 0 Å². The van der Waals surface area contributed by atoms with Crippen LogP contribution in [0, 0.1) is 29.6 Å². The Kier molecular flexibility index (Phi) is 9.80. The van der Waals surface area contributed by atoms with Crippen molar-refractivity contribution in [2.45, 2.75) is 191 Å². The molecule has 0 saturated heterocycles. The molecule has 5 unspecified atom stereocenters. The van der Waals surface area contributed by atoms with Gasteiger partial charge in [0, 0.05) is 30.2 Å². The van der Waals surface area contributed by atoms with Crippen molar-refractivity contribution in [3.8, 4) is 0 Å². The summed E-state index contributed by atoms with van der Waals surface area (Å²) >= 11 is 0. The SMILES string of the molecule is CC1CCC(C2CCCC(N(C3CCCCC3)C3CCC(N(C)C4CCCC5CCCCC54)CC3)C2)CC1. The summed E-state index contributed by atoms with van der Waals surface area (Å²) in [6, 6.07) is 4.50. The molecule has 0 bridgehead atoms. The molecule has 6 fully saturated rings. The van der Waals surface area contributed by atoms with E-state index in [2.05, 4.69) is 23.8 Å². The molecule has 2 heteroatoms. The van der Waals surface area contributed by atoms with Crippen molar-refractivity contribution in [3.05, 3.63) is 0 Å². The van der Waals surface area contributed by atoms with Crippen LogP contribution in [0.4, 0.5) is 0 Å². The Morgan fingerprint density at radius 3 is 1.79 bits per heavy atom. The van der Waals surface area contributed by atoms with Crippen LogP contribution in [0.3, 0.4) is 0 Å². The highest BCUT2D eigenvalue weighted by Crippen LogP contribution is 2.46. The smallest absolute Gasteiger partial charge is 0.0126 e. The van der Waals surface area contributed by atoms with Gasteiger partial charge < -0.3 is 4.90 Å². The molecule has 0 amide bonds. The van der Waals surface area contributed by atoms with E-state index in [-0.39, 0.29) is 0 Å². The monoisotopic (exact) mass is 525 g/mol. The molecule has 0 radical (unpaired) electrons. The van der Waals surface area contributed by atoms with Gasteiger partial charge in [-0.2, -0.15) is 0 Å². The third-order valence-corrected chi connectivity index (χ3v) is 13.6. The van der Waals surface area contributed by atoms with Crippen molar-refractivity contribution in [2.75, 3.05) is 7.05 Å². The van der Waals surface area contributed by atoms with Gasteiger partial charge in [0.15, 0.2) is 0 Å². The summed E-state index contributed by atoms with van der Waals surface area (Å²) in [5.74, 6) is 5.20. The second-order valence-corrected chi connectivity index (χ2v) is 15.7. The normalized spacial score (nSPS) is 43.7. The molecule has 0 aromatic carbocycles. The second-order valence-electron chi connectivity index (χ2n) is 15.7. The lowest BCUT2D eigenvalue weighted by Gasteiger charge is -2.52. The maximum absolute atomic E-state index is 3.25. The molecule has 0 N–H and O–H groups in total. The number of hydrogen-bond acceptors (Lipinski definition) is 2. The highest BCUT2D eigenvalue weighted by molar-refractivity contribution is 4.97. The molecule has 0 aromatic rings. The first-order chi connectivity index (χ1) is 18.7. The minimum atomic E-state index is 0.869. The van der Waals surface area contributed by atoms with Gasteiger partial charge in [-0.15, -0.1) is 0 Å². The molecular weight excluding hydrogens is 460 g/mol. The fraction of sp³-hybridized carbons (Fsp3) is 1.00. The molecule has 0 aromatic heterocycles. The van der Waals surface area contributed by atoms with Crippen molar-refractivity contribution < 1.29 is 0 Å². The van der Waals surface area contributed by atoms with Crippen molar-refractivity contribution in [3.63, 3.8) is 0 Å². The van der Waals surface area contributed by atoms with Crippen LogP contribution in [0.5, 0.6) is 0 Å². The zero-order chi connectivity index (χ0) is 25.9. The molecule has 2 nitrogen and oxygen atoms in total. The number of rotatable bonds is 6. The number of hydrogen-bond donors (Lipinski definition) is 0. The second kappa shape index (κ2) is 13.3. The zero-order valence-electron chi connectivity index (χ0n) is 25.6. The van der Waals surface area contributed by atoms with Gasteiger partial charge in [0.05, 0.1) is 0 Å². The minimum absolute atomic E-state index is 0.869. The molecule has 0 spiro atoms. The highest BCUT2D eigenvalue weighted by atomic mass is 15.2. The molecule has 218 valence electrons. The van der Waals surface area contributed by atoms with Crippen LogP contribution >= 0.6 is 0 Å². The van der Waals surface area contributed by atoms with E-state index in [0.29, 0.717) is 0 Å². The van der Waals surface area contributed by atoms with Crippen molar-refractivity contribution >= 4 is 0 Å². The van der Waals surface area contributed by atoms with Crippen molar-refractivity contribution in [2.24, 2.45) is 29.6 Å². The Morgan fingerprint density at radius 1 is 0.421 bits per heavy atom. The Balaban J connectivity index is 1.09. The van der Waals surface area contributed by atoms with Gasteiger partial charge in [0.25, 0.3) is 0 Å². The average molecular weight is 525 g/mol. The summed E-state index contributed by atoms with van der Waals surface area (Å²) in [5.41, 5.74) is 0. The van der Waals surface area contributed by atoms with E-state index >= 15 is 0 Å². The predicted molar refractivity (Wildman–Crippen MR) is 162 cm³/mol. The van der Waals surface area contributed by atoms with Crippen molar-refractivity contribution in [1.82, 2.24) is 9.80 Å².